The van der Waals surface area contributed by atoms with Crippen molar-refractivity contribution in [2.45, 2.75) is 38.5 Å². The molecule has 3 amide bonds. The number of fused-ring (bicyclic) bond motifs is 1. The van der Waals surface area contributed by atoms with Gasteiger partial charge >= 0.3 is 12.1 Å². The van der Waals surface area contributed by atoms with Gasteiger partial charge in [-0.1, -0.05) is 29.8 Å². The molecule has 3 rings (SSSR count). The van der Waals surface area contributed by atoms with Crippen LogP contribution in [0.5, 0.6) is 0 Å². The third-order valence-electron chi connectivity index (χ3n) is 5.31. The summed E-state index contributed by atoms with van der Waals surface area (Å²) >= 11 is 6.14. The summed E-state index contributed by atoms with van der Waals surface area (Å²) in [5, 5.41) is 17.4. The Morgan fingerprint density at radius 1 is 1.20 bits per heavy atom. The van der Waals surface area contributed by atoms with Crippen LogP contribution in [0.2, 0.25) is 5.02 Å². The molecule has 35 heavy (non-hydrogen) atoms. The first kappa shape index (κ1) is 26.2. The fourth-order valence-corrected chi connectivity index (χ4v) is 3.68. The van der Waals surface area contributed by atoms with Gasteiger partial charge in [0.05, 0.1) is 11.6 Å². The van der Waals surface area contributed by atoms with Crippen LogP contribution in [0.3, 0.4) is 0 Å². The third-order valence-corrected chi connectivity index (χ3v) is 5.68. The maximum Gasteiger partial charge on any atom is 0.412 e. The van der Waals surface area contributed by atoms with Crippen molar-refractivity contribution in [3.8, 4) is 0 Å². The second kappa shape index (κ2) is 11.3. The number of hydrogen-bond acceptors (Lipinski definition) is 5. The topological polar surface area (TPSA) is 104 Å². The summed E-state index contributed by atoms with van der Waals surface area (Å²) in [7, 11) is 1.55. The molecule has 0 unspecified atom stereocenters. The van der Waals surface area contributed by atoms with E-state index in [0.29, 0.717) is 10.4 Å². The number of nitrogens with zero attached hydrogens (tertiary/aromatic N) is 2. The van der Waals surface area contributed by atoms with Gasteiger partial charge in [-0.2, -0.15) is 0 Å². The molecule has 0 aliphatic heterocycles. The minimum absolute atomic E-state index is 0.157. The lowest BCUT2D eigenvalue weighted by Gasteiger charge is -2.32. The largest absolute Gasteiger partial charge is 0.447 e. The number of anilines is 1. The number of pyridine rings is 1. The molecule has 0 spiro atoms. The normalized spacial score (nSPS) is 12.2. The van der Waals surface area contributed by atoms with E-state index in [2.05, 4.69) is 15.6 Å². The van der Waals surface area contributed by atoms with Crippen LogP contribution in [-0.4, -0.2) is 52.4 Å². The molecule has 2 aromatic carbocycles. The molecule has 0 aliphatic rings. The minimum Gasteiger partial charge on any atom is -0.447 e. The average molecular weight is 503 g/mol. The summed E-state index contributed by atoms with van der Waals surface area (Å²) in [5.74, 6) is -0.208. The zero-order chi connectivity index (χ0) is 25.6. The first-order chi connectivity index (χ1) is 16.5. The van der Waals surface area contributed by atoms with E-state index in [1.807, 2.05) is 6.07 Å². The highest BCUT2D eigenvalue weighted by molar-refractivity contribution is 6.31. The number of halogens is 2. The van der Waals surface area contributed by atoms with Gasteiger partial charge in [0.2, 0.25) is 0 Å². The van der Waals surface area contributed by atoms with Crippen molar-refractivity contribution in [1.29, 1.82) is 0 Å². The van der Waals surface area contributed by atoms with E-state index in [0.717, 1.165) is 10.9 Å². The number of nitrogens with one attached hydrogen (secondary N) is 2. The van der Waals surface area contributed by atoms with Crippen molar-refractivity contribution in [3.05, 3.63) is 71.1 Å². The second-order valence-corrected chi connectivity index (χ2v) is 9.22. The van der Waals surface area contributed by atoms with E-state index in [1.165, 1.54) is 29.3 Å². The summed E-state index contributed by atoms with van der Waals surface area (Å²) in [6.07, 6.45) is 0.876. The minimum atomic E-state index is -1.12. The van der Waals surface area contributed by atoms with Gasteiger partial charge in [-0.05, 0) is 61.5 Å². The van der Waals surface area contributed by atoms with E-state index in [1.54, 1.807) is 45.2 Å². The smallest absolute Gasteiger partial charge is 0.412 e. The fraction of sp³-hybridized carbons (Fsp3) is 0.320. The standard InChI is InChI=1S/C25H28ClFN4O4/c1-25(2,34)12-20(31(3)23(32)29-14-17-6-4-5-7-21(17)26)15-35-24(33)30-22-11-18-10-19(27)9-8-16(18)13-28-22/h4-11,13,20,34H,12,14-15H2,1-3H3,(H,29,32)(H,28,30,33)/t20-/m0/s1. The van der Waals surface area contributed by atoms with Crippen LogP contribution >= 0.6 is 11.6 Å². The maximum absolute atomic E-state index is 13.5. The zero-order valence-corrected chi connectivity index (χ0v) is 20.5. The van der Waals surface area contributed by atoms with Gasteiger partial charge in [-0.3, -0.25) is 5.32 Å². The van der Waals surface area contributed by atoms with Gasteiger partial charge < -0.3 is 20.1 Å². The second-order valence-electron chi connectivity index (χ2n) is 8.82. The third kappa shape index (κ3) is 7.80. The Labute approximate surface area is 208 Å². The number of carbonyl (C=O) groups excluding carboxylic acids is 2. The number of rotatable bonds is 8. The fourth-order valence-electron chi connectivity index (χ4n) is 3.48. The Morgan fingerprint density at radius 3 is 2.66 bits per heavy atom. The molecule has 1 atom stereocenters. The van der Waals surface area contributed by atoms with Crippen molar-refractivity contribution in [2.75, 3.05) is 19.0 Å². The number of hydrogen-bond donors (Lipinski definition) is 3. The van der Waals surface area contributed by atoms with Gasteiger partial charge in [0, 0.05) is 30.2 Å². The van der Waals surface area contributed by atoms with Gasteiger partial charge in [0.1, 0.15) is 18.2 Å². The first-order valence-corrected chi connectivity index (χ1v) is 11.3. The lowest BCUT2D eigenvalue weighted by molar-refractivity contribution is 0.0277. The Kier molecular flexibility index (Phi) is 8.48. The van der Waals surface area contributed by atoms with Crippen LogP contribution in [0.4, 0.5) is 19.8 Å². The molecular formula is C25H28ClFN4O4. The molecule has 8 nitrogen and oxygen atoms in total. The van der Waals surface area contributed by atoms with E-state index < -0.39 is 29.6 Å². The summed E-state index contributed by atoms with van der Waals surface area (Å²) in [4.78, 5) is 30.6. The summed E-state index contributed by atoms with van der Waals surface area (Å²) < 4.78 is 18.8. The molecule has 0 radical (unpaired) electrons. The van der Waals surface area contributed by atoms with Gasteiger partial charge in [0.25, 0.3) is 0 Å². The van der Waals surface area contributed by atoms with Gasteiger partial charge in [-0.25, -0.2) is 19.0 Å². The van der Waals surface area contributed by atoms with Crippen LogP contribution in [-0.2, 0) is 11.3 Å². The number of ether oxygens (including phenoxy) is 1. The average Bonchev–Trinajstić information content (AvgIpc) is 2.79. The number of benzene rings is 2. The SMILES string of the molecule is CN(C(=O)NCc1ccccc1Cl)[C@H](COC(=O)Nc1cc2cc(F)ccc2cn1)CC(C)(C)O. The summed E-state index contributed by atoms with van der Waals surface area (Å²) in [6, 6.07) is 11.9. The number of likely N-dealkylation sites (N-methyl/N-ethyl adjacent to an activating group) is 1. The van der Waals surface area contributed by atoms with Crippen molar-refractivity contribution < 1.29 is 23.8 Å². The molecular weight excluding hydrogens is 475 g/mol. The number of aromatic nitrogens is 1. The van der Waals surface area contributed by atoms with Crippen LogP contribution < -0.4 is 10.6 Å². The molecule has 1 heterocycles. The maximum atomic E-state index is 13.5. The van der Waals surface area contributed by atoms with E-state index in [4.69, 9.17) is 16.3 Å². The Bertz CT molecular complexity index is 1200. The molecule has 0 aliphatic carbocycles. The van der Waals surface area contributed by atoms with Crippen molar-refractivity contribution >= 4 is 40.3 Å². The zero-order valence-electron chi connectivity index (χ0n) is 19.7. The molecule has 10 heteroatoms. The molecule has 3 N–H and O–H groups in total. The van der Waals surface area contributed by atoms with Crippen LogP contribution in [0, 0.1) is 5.82 Å². The quantitative estimate of drug-likeness (QED) is 0.404. The van der Waals surface area contributed by atoms with Crippen LogP contribution in [0.1, 0.15) is 25.8 Å². The Balaban J connectivity index is 1.61. The first-order valence-electron chi connectivity index (χ1n) is 11.0. The van der Waals surface area contributed by atoms with E-state index in [9.17, 15) is 19.1 Å². The lowest BCUT2D eigenvalue weighted by atomic mass is 9.99. The lowest BCUT2D eigenvalue weighted by Crippen LogP contribution is -2.48. The van der Waals surface area contributed by atoms with Crippen LogP contribution in [0.15, 0.2) is 54.7 Å². The molecule has 0 bridgehead atoms. The molecule has 0 saturated heterocycles. The predicted molar refractivity (Wildman–Crippen MR) is 133 cm³/mol. The van der Waals surface area contributed by atoms with Gasteiger partial charge in [0.15, 0.2) is 0 Å². The van der Waals surface area contributed by atoms with Crippen molar-refractivity contribution in [1.82, 2.24) is 15.2 Å². The predicted octanol–water partition coefficient (Wildman–Crippen LogP) is 4.95. The van der Waals surface area contributed by atoms with Crippen molar-refractivity contribution in [2.24, 2.45) is 0 Å². The molecule has 3 aromatic rings. The van der Waals surface area contributed by atoms with Crippen molar-refractivity contribution in [3.63, 3.8) is 0 Å². The number of amides is 3. The highest BCUT2D eigenvalue weighted by atomic mass is 35.5. The Morgan fingerprint density at radius 2 is 1.94 bits per heavy atom. The summed E-state index contributed by atoms with van der Waals surface area (Å²) in [5.41, 5.74) is -0.362. The van der Waals surface area contributed by atoms with E-state index >= 15 is 0 Å². The highest BCUT2D eigenvalue weighted by Gasteiger charge is 2.28. The molecule has 0 fully saturated rings. The number of urea groups is 1. The van der Waals surface area contributed by atoms with E-state index in [-0.39, 0.29) is 25.4 Å². The number of aliphatic hydroxyl groups is 1. The highest BCUT2D eigenvalue weighted by Crippen LogP contribution is 2.19. The van der Waals surface area contributed by atoms with Crippen LogP contribution in [0.25, 0.3) is 10.8 Å². The number of carbonyl (C=O) groups is 2. The summed E-state index contributed by atoms with van der Waals surface area (Å²) in [6.45, 7) is 3.25. The Hall–Kier alpha value is -3.43. The monoisotopic (exact) mass is 502 g/mol. The molecule has 1 aromatic heterocycles. The molecule has 186 valence electrons. The van der Waals surface area contributed by atoms with Gasteiger partial charge in [-0.15, -0.1) is 0 Å². The molecule has 0 saturated carbocycles.